The van der Waals surface area contributed by atoms with E-state index in [2.05, 4.69) is 10.3 Å². The predicted octanol–water partition coefficient (Wildman–Crippen LogP) is 4.68. The van der Waals surface area contributed by atoms with Gasteiger partial charge in [0.15, 0.2) is 0 Å². The third-order valence-corrected chi connectivity index (χ3v) is 5.45. The van der Waals surface area contributed by atoms with Crippen molar-refractivity contribution < 1.29 is 9.59 Å². The van der Waals surface area contributed by atoms with Gasteiger partial charge in [0.2, 0.25) is 5.91 Å². The topological polar surface area (TPSA) is 75.2 Å². The number of benzene rings is 2. The van der Waals surface area contributed by atoms with Crippen LogP contribution in [0.25, 0.3) is 22.2 Å². The molecule has 5 rings (SSSR count). The fourth-order valence-electron chi connectivity index (χ4n) is 3.94. The molecule has 1 aliphatic rings. The molecule has 1 N–H and O–H groups in total. The lowest BCUT2D eigenvalue weighted by molar-refractivity contribution is -0.117. The second-order valence-electron chi connectivity index (χ2n) is 7.43. The normalized spacial score (nSPS) is 13.5. The molecule has 0 aliphatic carbocycles. The van der Waals surface area contributed by atoms with Crippen molar-refractivity contribution in [2.45, 2.75) is 12.8 Å². The van der Waals surface area contributed by atoms with Crippen molar-refractivity contribution in [2.75, 3.05) is 16.8 Å². The number of hydrogen-bond donors (Lipinski definition) is 1. The minimum atomic E-state index is -0.243. The zero-order valence-corrected chi connectivity index (χ0v) is 16.8. The van der Waals surface area contributed by atoms with E-state index in [0.717, 1.165) is 28.6 Å². The van der Waals surface area contributed by atoms with Crippen LogP contribution in [0.5, 0.6) is 0 Å². The molecule has 1 fully saturated rings. The minimum Gasteiger partial charge on any atom is -0.320 e. The molecule has 31 heavy (non-hydrogen) atoms. The molecular formula is C25H20N4O2. The van der Waals surface area contributed by atoms with Crippen molar-refractivity contribution in [1.82, 2.24) is 9.97 Å². The maximum Gasteiger partial charge on any atom is 0.256 e. The molecule has 4 aromatic rings. The van der Waals surface area contributed by atoms with E-state index in [0.29, 0.717) is 29.9 Å². The number of rotatable bonds is 4. The second kappa shape index (κ2) is 7.99. The summed E-state index contributed by atoms with van der Waals surface area (Å²) in [6.07, 6.45) is 4.77. The highest BCUT2D eigenvalue weighted by Gasteiger charge is 2.24. The van der Waals surface area contributed by atoms with Gasteiger partial charge in [-0.1, -0.05) is 30.3 Å². The Morgan fingerprint density at radius 2 is 1.74 bits per heavy atom. The molecule has 1 saturated heterocycles. The van der Waals surface area contributed by atoms with E-state index < -0.39 is 0 Å². The molecule has 0 radical (unpaired) electrons. The van der Waals surface area contributed by atoms with Crippen LogP contribution in [0.3, 0.4) is 0 Å². The van der Waals surface area contributed by atoms with Crippen LogP contribution in [-0.2, 0) is 4.79 Å². The molecule has 0 bridgehead atoms. The first kappa shape index (κ1) is 18.9. The Morgan fingerprint density at radius 1 is 0.968 bits per heavy atom. The van der Waals surface area contributed by atoms with Crippen LogP contribution in [0, 0.1) is 0 Å². The number of aromatic nitrogens is 2. The minimum absolute atomic E-state index is 0.0797. The molecule has 6 heteroatoms. The predicted molar refractivity (Wildman–Crippen MR) is 121 cm³/mol. The van der Waals surface area contributed by atoms with Gasteiger partial charge in [-0.3, -0.25) is 14.6 Å². The van der Waals surface area contributed by atoms with Gasteiger partial charge in [-0.15, -0.1) is 0 Å². The van der Waals surface area contributed by atoms with Crippen LogP contribution in [0.2, 0.25) is 0 Å². The van der Waals surface area contributed by atoms with Crippen molar-refractivity contribution in [2.24, 2.45) is 0 Å². The number of carbonyl (C=O) groups is 2. The Bertz CT molecular complexity index is 1290. The van der Waals surface area contributed by atoms with Crippen LogP contribution in [-0.4, -0.2) is 28.3 Å². The van der Waals surface area contributed by atoms with Crippen LogP contribution >= 0.6 is 0 Å². The van der Waals surface area contributed by atoms with Crippen LogP contribution in [0.1, 0.15) is 23.2 Å². The number of anilines is 2. The Labute approximate surface area is 179 Å². The zero-order chi connectivity index (χ0) is 21.2. The van der Waals surface area contributed by atoms with Gasteiger partial charge in [0.1, 0.15) is 0 Å². The summed E-state index contributed by atoms with van der Waals surface area (Å²) >= 11 is 0. The van der Waals surface area contributed by atoms with Crippen molar-refractivity contribution in [3.63, 3.8) is 0 Å². The number of para-hydroxylation sites is 3. The van der Waals surface area contributed by atoms with E-state index in [9.17, 15) is 9.59 Å². The number of fused-ring (bicyclic) bond motifs is 1. The number of nitrogens with one attached hydrogen (secondary N) is 1. The fourth-order valence-corrected chi connectivity index (χ4v) is 3.94. The van der Waals surface area contributed by atoms with Crippen LogP contribution in [0.4, 0.5) is 11.4 Å². The standard InChI is InChI=1S/C25H20N4O2/c30-24-10-5-15-29(24)23-9-4-3-8-21(23)28-25(31)19-16-22(17-11-13-26-14-12-17)27-20-7-2-1-6-18(19)20/h1-4,6-9,11-14,16H,5,10,15H2,(H,28,31). The van der Waals surface area contributed by atoms with Gasteiger partial charge in [0.25, 0.3) is 5.91 Å². The molecule has 152 valence electrons. The first-order valence-corrected chi connectivity index (χ1v) is 10.2. The number of amides is 2. The van der Waals surface area contributed by atoms with E-state index >= 15 is 0 Å². The molecule has 2 amide bonds. The van der Waals surface area contributed by atoms with Crippen molar-refractivity contribution in [3.05, 3.63) is 84.7 Å². The van der Waals surface area contributed by atoms with E-state index in [1.165, 1.54) is 0 Å². The summed E-state index contributed by atoms with van der Waals surface area (Å²) in [5, 5.41) is 3.79. The molecule has 0 spiro atoms. The van der Waals surface area contributed by atoms with Crippen molar-refractivity contribution in [1.29, 1.82) is 0 Å². The van der Waals surface area contributed by atoms with Gasteiger partial charge < -0.3 is 10.2 Å². The van der Waals surface area contributed by atoms with Crippen LogP contribution < -0.4 is 10.2 Å². The second-order valence-corrected chi connectivity index (χ2v) is 7.43. The Morgan fingerprint density at radius 3 is 2.55 bits per heavy atom. The van der Waals surface area contributed by atoms with Gasteiger partial charge in [-0.25, -0.2) is 4.98 Å². The Kier molecular flexibility index (Phi) is 4.88. The Balaban J connectivity index is 1.56. The average Bonchev–Trinajstić information content (AvgIpc) is 3.25. The summed E-state index contributed by atoms with van der Waals surface area (Å²) in [6, 6.07) is 20.5. The van der Waals surface area contributed by atoms with E-state index in [1.54, 1.807) is 23.4 Å². The van der Waals surface area contributed by atoms with E-state index in [4.69, 9.17) is 4.98 Å². The van der Waals surface area contributed by atoms with Crippen molar-refractivity contribution in [3.8, 4) is 11.3 Å². The highest BCUT2D eigenvalue weighted by Crippen LogP contribution is 2.31. The molecule has 0 unspecified atom stereocenters. The SMILES string of the molecule is O=C(Nc1ccccc1N1CCCC1=O)c1cc(-c2ccncc2)nc2ccccc12. The number of carbonyl (C=O) groups excluding carboxylic acids is 2. The molecule has 2 aromatic carbocycles. The molecule has 0 atom stereocenters. The summed E-state index contributed by atoms with van der Waals surface area (Å²) in [7, 11) is 0. The molecule has 6 nitrogen and oxygen atoms in total. The summed E-state index contributed by atoms with van der Waals surface area (Å²) in [5.41, 5.74) is 4.21. The van der Waals surface area contributed by atoms with Gasteiger partial charge in [0, 0.05) is 36.3 Å². The van der Waals surface area contributed by atoms with E-state index in [1.807, 2.05) is 60.7 Å². The van der Waals surface area contributed by atoms with Gasteiger partial charge in [0.05, 0.1) is 28.1 Å². The highest BCUT2D eigenvalue weighted by atomic mass is 16.2. The summed E-state index contributed by atoms with van der Waals surface area (Å²) in [4.78, 5) is 36.2. The molecule has 1 aliphatic heterocycles. The first-order valence-electron chi connectivity index (χ1n) is 10.2. The van der Waals surface area contributed by atoms with Crippen molar-refractivity contribution >= 4 is 34.1 Å². The average molecular weight is 408 g/mol. The largest absolute Gasteiger partial charge is 0.320 e. The highest BCUT2D eigenvalue weighted by molar-refractivity contribution is 6.14. The molecule has 3 heterocycles. The van der Waals surface area contributed by atoms with Gasteiger partial charge in [-0.2, -0.15) is 0 Å². The zero-order valence-electron chi connectivity index (χ0n) is 16.8. The lowest BCUT2D eigenvalue weighted by atomic mass is 10.0. The molecular weight excluding hydrogens is 388 g/mol. The van der Waals surface area contributed by atoms with Gasteiger partial charge in [-0.05, 0) is 42.8 Å². The van der Waals surface area contributed by atoms with Gasteiger partial charge >= 0.3 is 0 Å². The smallest absolute Gasteiger partial charge is 0.256 e. The number of pyridine rings is 2. The maximum atomic E-state index is 13.4. The monoisotopic (exact) mass is 408 g/mol. The molecule has 2 aromatic heterocycles. The lowest BCUT2D eigenvalue weighted by Crippen LogP contribution is -2.25. The number of nitrogens with zero attached hydrogens (tertiary/aromatic N) is 3. The summed E-state index contributed by atoms with van der Waals surface area (Å²) in [6.45, 7) is 0.663. The summed E-state index contributed by atoms with van der Waals surface area (Å²) < 4.78 is 0. The number of hydrogen-bond acceptors (Lipinski definition) is 4. The van der Waals surface area contributed by atoms with E-state index in [-0.39, 0.29) is 11.8 Å². The first-order chi connectivity index (χ1) is 15.2. The third kappa shape index (κ3) is 3.64. The quantitative estimate of drug-likeness (QED) is 0.532. The van der Waals surface area contributed by atoms with Crippen LogP contribution in [0.15, 0.2) is 79.1 Å². The Hall–Kier alpha value is -4.06. The molecule has 0 saturated carbocycles. The fraction of sp³-hybridized carbons (Fsp3) is 0.120. The summed E-state index contributed by atoms with van der Waals surface area (Å²) in [5.74, 6) is -0.163. The third-order valence-electron chi connectivity index (χ3n) is 5.45. The lowest BCUT2D eigenvalue weighted by Gasteiger charge is -2.20. The maximum absolute atomic E-state index is 13.4.